The van der Waals surface area contributed by atoms with Crippen LogP contribution in [0.3, 0.4) is 0 Å². The Bertz CT molecular complexity index is 1680. The van der Waals surface area contributed by atoms with Gasteiger partial charge in [-0.15, -0.1) is 11.3 Å². The summed E-state index contributed by atoms with van der Waals surface area (Å²) in [5.41, 5.74) is 7.14. The Morgan fingerprint density at radius 1 is 0.976 bits per heavy atom. The van der Waals surface area contributed by atoms with E-state index in [9.17, 15) is 4.79 Å². The fourth-order valence-electron chi connectivity index (χ4n) is 3.85. The van der Waals surface area contributed by atoms with Crippen LogP contribution in [0.25, 0.3) is 11.3 Å². The predicted molar refractivity (Wildman–Crippen MR) is 166 cm³/mol. The lowest BCUT2D eigenvalue weighted by Gasteiger charge is -2.14. The Morgan fingerprint density at radius 3 is 2.49 bits per heavy atom. The number of aromatic nitrogens is 1. The topological polar surface area (TPSA) is 84.8 Å². The summed E-state index contributed by atoms with van der Waals surface area (Å²) < 4.78 is 11.3. The van der Waals surface area contributed by atoms with Crippen molar-refractivity contribution in [2.24, 2.45) is 5.10 Å². The number of carbonyl (C=O) groups excluding carboxylic acids is 1. The minimum Gasteiger partial charge on any atom is -0.493 e. The van der Waals surface area contributed by atoms with E-state index in [1.165, 1.54) is 24.7 Å². The third-order valence-corrected chi connectivity index (χ3v) is 7.34. The first-order chi connectivity index (χ1) is 20.0. The largest absolute Gasteiger partial charge is 0.493 e. The number of halogens is 2. The molecule has 0 bridgehead atoms. The van der Waals surface area contributed by atoms with Crippen molar-refractivity contribution in [2.75, 3.05) is 12.4 Å². The fraction of sp³-hybridized carbons (Fsp3) is 0.0645. The lowest BCUT2D eigenvalue weighted by Crippen LogP contribution is -2.17. The summed E-state index contributed by atoms with van der Waals surface area (Å²) in [5, 5.41) is 11.1. The average Bonchev–Trinajstić information content (AvgIpc) is 3.46. The van der Waals surface area contributed by atoms with Gasteiger partial charge in [0.25, 0.3) is 5.91 Å². The SMILES string of the molecule is COc1cc(/C=N\NC(=O)c2ccc(-c3csc(Nc4ccccc4)n3)cc2)cc(Cl)c1OCc1ccccc1Cl. The second-order valence-corrected chi connectivity index (χ2v) is 10.4. The number of benzene rings is 4. The summed E-state index contributed by atoms with van der Waals surface area (Å²) in [7, 11) is 1.52. The third-order valence-electron chi connectivity index (χ3n) is 5.93. The van der Waals surface area contributed by atoms with Gasteiger partial charge in [0.1, 0.15) is 6.61 Å². The van der Waals surface area contributed by atoms with Gasteiger partial charge in [0.15, 0.2) is 16.6 Å². The smallest absolute Gasteiger partial charge is 0.271 e. The molecule has 41 heavy (non-hydrogen) atoms. The molecule has 0 radical (unpaired) electrons. The normalized spacial score (nSPS) is 10.9. The molecular weight excluding hydrogens is 579 g/mol. The molecule has 2 N–H and O–H groups in total. The zero-order valence-corrected chi connectivity index (χ0v) is 24.1. The monoisotopic (exact) mass is 602 g/mol. The lowest BCUT2D eigenvalue weighted by atomic mass is 10.1. The maximum atomic E-state index is 12.7. The molecule has 0 aliphatic heterocycles. The lowest BCUT2D eigenvalue weighted by molar-refractivity contribution is 0.0955. The molecule has 0 aliphatic carbocycles. The van der Waals surface area contributed by atoms with E-state index in [1.807, 2.05) is 66.0 Å². The first-order valence-electron chi connectivity index (χ1n) is 12.5. The van der Waals surface area contributed by atoms with Crippen molar-refractivity contribution in [2.45, 2.75) is 6.61 Å². The minimum atomic E-state index is -0.352. The molecule has 0 saturated heterocycles. The van der Waals surface area contributed by atoms with Gasteiger partial charge in [-0.2, -0.15) is 5.10 Å². The van der Waals surface area contributed by atoms with Gasteiger partial charge in [0.2, 0.25) is 0 Å². The van der Waals surface area contributed by atoms with Gasteiger partial charge in [-0.3, -0.25) is 4.79 Å². The van der Waals surface area contributed by atoms with Crippen LogP contribution in [0.5, 0.6) is 11.5 Å². The maximum Gasteiger partial charge on any atom is 0.271 e. The molecule has 0 fully saturated rings. The number of hydrogen-bond acceptors (Lipinski definition) is 7. The minimum absolute atomic E-state index is 0.228. The van der Waals surface area contributed by atoms with Crippen molar-refractivity contribution in [3.63, 3.8) is 0 Å². The first kappa shape index (κ1) is 28.2. The number of nitrogens with one attached hydrogen (secondary N) is 2. The number of amides is 1. The van der Waals surface area contributed by atoms with E-state index < -0.39 is 0 Å². The predicted octanol–water partition coefficient (Wildman–Crippen LogP) is 8.21. The van der Waals surface area contributed by atoms with E-state index in [1.54, 1.807) is 30.3 Å². The maximum absolute atomic E-state index is 12.7. The number of ether oxygens (including phenoxy) is 2. The Balaban J connectivity index is 1.19. The van der Waals surface area contributed by atoms with E-state index in [2.05, 4.69) is 20.8 Å². The zero-order valence-electron chi connectivity index (χ0n) is 21.8. The van der Waals surface area contributed by atoms with E-state index in [0.29, 0.717) is 32.7 Å². The van der Waals surface area contributed by atoms with E-state index in [0.717, 1.165) is 27.6 Å². The number of hydrogen-bond donors (Lipinski definition) is 2. The van der Waals surface area contributed by atoms with Crippen LogP contribution in [0.15, 0.2) is 101 Å². The third kappa shape index (κ3) is 7.24. The Morgan fingerprint density at radius 2 is 1.73 bits per heavy atom. The highest BCUT2D eigenvalue weighted by molar-refractivity contribution is 7.14. The van der Waals surface area contributed by atoms with Crippen LogP contribution < -0.4 is 20.2 Å². The molecular formula is C31H24Cl2N4O3S. The van der Waals surface area contributed by atoms with Crippen molar-refractivity contribution in [3.05, 3.63) is 123 Å². The van der Waals surface area contributed by atoms with Gasteiger partial charge >= 0.3 is 0 Å². The highest BCUT2D eigenvalue weighted by atomic mass is 35.5. The van der Waals surface area contributed by atoms with Gasteiger partial charge in [-0.05, 0) is 48.0 Å². The van der Waals surface area contributed by atoms with Crippen LogP contribution in [0, 0.1) is 0 Å². The van der Waals surface area contributed by atoms with Crippen LogP contribution in [0.4, 0.5) is 10.8 Å². The van der Waals surface area contributed by atoms with Crippen LogP contribution >= 0.6 is 34.5 Å². The van der Waals surface area contributed by atoms with Crippen molar-refractivity contribution < 1.29 is 14.3 Å². The number of carbonyl (C=O) groups is 1. The summed E-state index contributed by atoms with van der Waals surface area (Å²) in [6, 6.07) is 27.8. The standard InChI is InChI=1S/C31H24Cl2N4O3S/c1-39-28-16-20(15-26(33)29(28)40-18-23-7-5-6-10-25(23)32)17-34-37-30(38)22-13-11-21(12-14-22)27-19-41-31(36-27)35-24-8-3-2-4-9-24/h2-17,19H,18H2,1H3,(H,35,36)(H,37,38)/b34-17-. The molecule has 1 aromatic heterocycles. The second-order valence-electron chi connectivity index (χ2n) is 8.72. The van der Waals surface area contributed by atoms with Crippen molar-refractivity contribution >= 4 is 57.5 Å². The van der Waals surface area contributed by atoms with Crippen molar-refractivity contribution in [1.29, 1.82) is 0 Å². The number of nitrogens with zero attached hydrogens (tertiary/aromatic N) is 2. The van der Waals surface area contributed by atoms with Crippen molar-refractivity contribution in [1.82, 2.24) is 10.4 Å². The first-order valence-corrected chi connectivity index (χ1v) is 14.1. The highest BCUT2D eigenvalue weighted by Crippen LogP contribution is 2.37. The fourth-order valence-corrected chi connectivity index (χ4v) is 5.05. The van der Waals surface area contributed by atoms with Crippen LogP contribution in [0.1, 0.15) is 21.5 Å². The molecule has 10 heteroatoms. The van der Waals surface area contributed by atoms with Crippen molar-refractivity contribution in [3.8, 4) is 22.8 Å². The summed E-state index contributed by atoms with van der Waals surface area (Å²) in [5.74, 6) is 0.464. The average molecular weight is 604 g/mol. The molecule has 4 aromatic carbocycles. The Labute approximate surface area is 251 Å². The summed E-state index contributed by atoms with van der Waals surface area (Å²) >= 11 is 14.2. The molecule has 1 amide bonds. The number of anilines is 2. The van der Waals surface area contributed by atoms with Gasteiger partial charge in [0, 0.05) is 32.8 Å². The molecule has 7 nitrogen and oxygen atoms in total. The quantitative estimate of drug-likeness (QED) is 0.124. The molecule has 0 aliphatic rings. The second kappa shape index (κ2) is 13.3. The number of methoxy groups -OCH3 is 1. The number of rotatable bonds is 10. The molecule has 206 valence electrons. The molecule has 0 spiro atoms. The van der Waals surface area contributed by atoms with Crippen LogP contribution in [-0.4, -0.2) is 24.2 Å². The molecule has 5 rings (SSSR count). The van der Waals surface area contributed by atoms with E-state index in [-0.39, 0.29) is 12.5 Å². The highest BCUT2D eigenvalue weighted by Gasteiger charge is 2.13. The zero-order chi connectivity index (χ0) is 28.6. The van der Waals surface area contributed by atoms with E-state index in [4.69, 9.17) is 32.7 Å². The van der Waals surface area contributed by atoms with Crippen LogP contribution in [-0.2, 0) is 6.61 Å². The Kier molecular flexibility index (Phi) is 9.15. The molecule has 5 aromatic rings. The molecule has 1 heterocycles. The number of thiazole rings is 1. The molecule has 0 atom stereocenters. The summed E-state index contributed by atoms with van der Waals surface area (Å²) in [6.07, 6.45) is 1.48. The molecule has 0 saturated carbocycles. The van der Waals surface area contributed by atoms with Gasteiger partial charge in [-0.25, -0.2) is 10.4 Å². The number of hydrazone groups is 1. The van der Waals surface area contributed by atoms with Crippen LogP contribution in [0.2, 0.25) is 10.0 Å². The van der Waals surface area contributed by atoms with E-state index >= 15 is 0 Å². The van der Waals surface area contributed by atoms with Gasteiger partial charge in [-0.1, -0.05) is 71.7 Å². The molecule has 0 unspecified atom stereocenters. The number of para-hydroxylation sites is 1. The Hall–Kier alpha value is -4.37. The van der Waals surface area contributed by atoms with Gasteiger partial charge < -0.3 is 14.8 Å². The summed E-state index contributed by atoms with van der Waals surface area (Å²) in [4.78, 5) is 17.3. The summed E-state index contributed by atoms with van der Waals surface area (Å²) in [6.45, 7) is 0.228. The van der Waals surface area contributed by atoms with Gasteiger partial charge in [0.05, 0.1) is 24.0 Å².